The van der Waals surface area contributed by atoms with Crippen LogP contribution in [-0.4, -0.2) is 29.9 Å². The predicted octanol–water partition coefficient (Wildman–Crippen LogP) is 5.36. The molecule has 6 bridgehead atoms. The number of hydrogen-bond acceptors (Lipinski definition) is 10. The molecule has 0 amide bonds. The Morgan fingerprint density at radius 3 is 2.43 bits per heavy atom. The molecule has 10 nitrogen and oxygen atoms in total. The molecule has 0 unspecified atom stereocenters. The number of halogens is 1. The van der Waals surface area contributed by atoms with Crippen molar-refractivity contribution in [2.24, 2.45) is 0 Å². The van der Waals surface area contributed by atoms with E-state index < -0.39 is 0 Å². The molecule has 1 aromatic carbocycles. The Bertz CT molecular complexity index is 1310. The molecule has 1 aliphatic rings. The van der Waals surface area contributed by atoms with Crippen LogP contribution in [0.25, 0.3) is 0 Å². The molecule has 4 N–H and O–H groups in total. The Balaban J connectivity index is 1.82. The van der Waals surface area contributed by atoms with Crippen molar-refractivity contribution in [2.75, 3.05) is 21.3 Å². The zero-order valence-electron chi connectivity index (χ0n) is 20.0. The van der Waals surface area contributed by atoms with Gasteiger partial charge in [-0.05, 0) is 68.6 Å². The lowest BCUT2D eigenvalue weighted by molar-refractivity contribution is 0.983. The highest BCUT2D eigenvalue weighted by molar-refractivity contribution is 6.28. The molecule has 0 aliphatic carbocycles. The smallest absolute Gasteiger partial charge is 0.233 e. The van der Waals surface area contributed by atoms with Crippen LogP contribution in [0.15, 0.2) is 59.5 Å². The fraction of sp³-hybridized carbons (Fsp3) is 0.250. The van der Waals surface area contributed by atoms with Crippen molar-refractivity contribution >= 4 is 41.1 Å². The van der Waals surface area contributed by atoms with Gasteiger partial charge in [-0.2, -0.15) is 29.9 Å². The monoisotopic (exact) mass is 490 g/mol. The van der Waals surface area contributed by atoms with Crippen molar-refractivity contribution in [1.82, 2.24) is 29.9 Å². The van der Waals surface area contributed by atoms with E-state index in [1.54, 1.807) is 0 Å². The third-order valence-electron chi connectivity index (χ3n) is 4.82. The first-order valence-corrected chi connectivity index (χ1v) is 11.6. The van der Waals surface area contributed by atoms with E-state index in [1.165, 1.54) is 0 Å². The summed E-state index contributed by atoms with van der Waals surface area (Å²) in [5.41, 5.74) is 4.64. The molecule has 180 valence electrons. The lowest BCUT2D eigenvalue weighted by atomic mass is 10.2. The van der Waals surface area contributed by atoms with Gasteiger partial charge in [0.2, 0.25) is 29.1 Å². The largest absolute Gasteiger partial charge is 0.350 e. The van der Waals surface area contributed by atoms with Gasteiger partial charge >= 0.3 is 0 Å². The summed E-state index contributed by atoms with van der Waals surface area (Å²) in [7, 11) is 0. The van der Waals surface area contributed by atoms with Gasteiger partial charge < -0.3 is 21.3 Å². The van der Waals surface area contributed by atoms with E-state index in [4.69, 9.17) is 11.6 Å². The Kier molecular flexibility index (Phi) is 7.51. The minimum absolute atomic E-state index is 0.0956. The summed E-state index contributed by atoms with van der Waals surface area (Å²) < 4.78 is 0. The van der Waals surface area contributed by atoms with Crippen LogP contribution in [0.5, 0.6) is 0 Å². The summed E-state index contributed by atoms with van der Waals surface area (Å²) in [5, 5.41) is 13.1. The number of fused-ring (bicyclic) bond motifs is 6. The van der Waals surface area contributed by atoms with Crippen LogP contribution < -0.4 is 21.3 Å². The zero-order valence-corrected chi connectivity index (χ0v) is 20.8. The molecule has 0 radical (unpaired) electrons. The average Bonchev–Trinajstić information content (AvgIpc) is 2.80. The lowest BCUT2D eigenvalue weighted by Gasteiger charge is -2.12. The molecule has 4 rings (SSSR count). The van der Waals surface area contributed by atoms with Crippen LogP contribution >= 0.6 is 11.6 Å². The minimum atomic E-state index is 0.0956. The first-order valence-electron chi connectivity index (χ1n) is 11.2. The maximum atomic E-state index is 6.18. The highest BCUT2D eigenvalue weighted by Crippen LogP contribution is 2.20. The van der Waals surface area contributed by atoms with E-state index in [0.717, 1.165) is 28.2 Å². The molecule has 11 heteroatoms. The van der Waals surface area contributed by atoms with E-state index >= 15 is 0 Å². The predicted molar refractivity (Wildman–Crippen MR) is 140 cm³/mol. The number of hydrogen-bond donors (Lipinski definition) is 4. The van der Waals surface area contributed by atoms with Crippen molar-refractivity contribution in [3.63, 3.8) is 0 Å². The number of nitrogens with zero attached hydrogens (tertiary/aromatic N) is 6. The summed E-state index contributed by atoms with van der Waals surface area (Å²) in [6, 6.07) is 7.89. The van der Waals surface area contributed by atoms with E-state index in [-0.39, 0.29) is 5.28 Å². The summed E-state index contributed by atoms with van der Waals surface area (Å²) >= 11 is 6.18. The molecule has 0 spiro atoms. The Labute approximate surface area is 209 Å². The second kappa shape index (κ2) is 10.9. The maximum Gasteiger partial charge on any atom is 0.233 e. The highest BCUT2D eigenvalue weighted by Gasteiger charge is 2.10. The summed E-state index contributed by atoms with van der Waals surface area (Å²) in [5.74, 6) is 2.18. The van der Waals surface area contributed by atoms with Crippen LogP contribution in [0.4, 0.5) is 29.5 Å². The molecule has 2 aromatic heterocycles. The normalized spacial score (nSPS) is 15.9. The van der Waals surface area contributed by atoms with Gasteiger partial charge in [-0.25, -0.2) is 0 Å². The summed E-state index contributed by atoms with van der Waals surface area (Å²) in [4.78, 5) is 26.4. The Morgan fingerprint density at radius 2 is 1.66 bits per heavy atom. The van der Waals surface area contributed by atoms with Gasteiger partial charge in [0.05, 0.1) is 0 Å². The molecule has 3 heterocycles. The molecule has 0 fully saturated rings. The van der Waals surface area contributed by atoms with E-state index in [9.17, 15) is 0 Å². The number of anilines is 5. The first kappa shape index (κ1) is 24.1. The van der Waals surface area contributed by atoms with Crippen LogP contribution in [0.2, 0.25) is 5.28 Å². The number of nitrogens with one attached hydrogen (secondary N) is 4. The number of aryl methyl sites for hydroxylation is 1. The molecular weight excluding hydrogens is 464 g/mol. The van der Waals surface area contributed by atoms with Crippen LogP contribution in [-0.2, 0) is 6.54 Å². The molecule has 1 aliphatic heterocycles. The second-order valence-electron chi connectivity index (χ2n) is 8.10. The highest BCUT2D eigenvalue weighted by atomic mass is 35.5. The standard InChI is InChI=1S/C24H27ClN10/c1-5-17-12-19(10-9-14(2)3)31-23-28-15(4)27-22(35-23)30-18-8-6-7-16(11-18)13-26-21-32-20(25)33-24(29-17)34-21/h6-12H,5,13H2,1-4H3,(H2,26,29,32,33,34)(H2,27,28,30,31,35)/b17-12+,19-10+. The number of rotatable bonds is 2. The van der Waals surface area contributed by atoms with Gasteiger partial charge in [0.25, 0.3) is 0 Å². The minimum Gasteiger partial charge on any atom is -0.350 e. The van der Waals surface area contributed by atoms with Gasteiger partial charge in [0.1, 0.15) is 5.82 Å². The summed E-state index contributed by atoms with van der Waals surface area (Å²) in [6.07, 6.45) is 6.62. The topological polar surface area (TPSA) is 125 Å². The summed E-state index contributed by atoms with van der Waals surface area (Å²) in [6.45, 7) is 8.41. The van der Waals surface area contributed by atoms with Gasteiger partial charge in [-0.3, -0.25) is 0 Å². The van der Waals surface area contributed by atoms with Gasteiger partial charge in [-0.1, -0.05) is 30.7 Å². The van der Waals surface area contributed by atoms with Gasteiger partial charge in [-0.15, -0.1) is 0 Å². The number of aromatic nitrogens is 6. The van der Waals surface area contributed by atoms with Crippen molar-refractivity contribution < 1.29 is 0 Å². The van der Waals surface area contributed by atoms with E-state index in [0.29, 0.717) is 42.6 Å². The van der Waals surface area contributed by atoms with Crippen molar-refractivity contribution in [2.45, 2.75) is 40.7 Å². The molecule has 0 atom stereocenters. The first-order chi connectivity index (χ1) is 16.9. The van der Waals surface area contributed by atoms with Crippen molar-refractivity contribution in [3.05, 3.63) is 76.1 Å². The van der Waals surface area contributed by atoms with Gasteiger partial charge in [0, 0.05) is 23.6 Å². The van der Waals surface area contributed by atoms with Crippen LogP contribution in [0.1, 0.15) is 38.6 Å². The number of benzene rings is 1. The van der Waals surface area contributed by atoms with E-state index in [1.807, 2.05) is 70.2 Å². The molecule has 0 saturated carbocycles. The molecule has 35 heavy (non-hydrogen) atoms. The maximum absolute atomic E-state index is 6.18. The van der Waals surface area contributed by atoms with Crippen LogP contribution in [0.3, 0.4) is 0 Å². The molecular formula is C24H27ClN10. The lowest BCUT2D eigenvalue weighted by Crippen LogP contribution is -2.10. The van der Waals surface area contributed by atoms with Crippen LogP contribution in [0, 0.1) is 6.92 Å². The van der Waals surface area contributed by atoms with Gasteiger partial charge in [0.15, 0.2) is 0 Å². The average molecular weight is 491 g/mol. The van der Waals surface area contributed by atoms with E-state index in [2.05, 4.69) is 51.2 Å². The SMILES string of the molecule is CC/C1=C\C(=C/C=C(C)C)Nc2nc(C)nc(n2)Nc2cccc(c2)CNc2nc(Cl)nc(n2)N1. The van der Waals surface area contributed by atoms with Crippen molar-refractivity contribution in [3.8, 4) is 0 Å². The Morgan fingerprint density at radius 1 is 0.943 bits per heavy atom. The molecule has 3 aromatic rings. The fourth-order valence-electron chi connectivity index (χ4n) is 3.22. The van der Waals surface area contributed by atoms with Crippen molar-refractivity contribution in [1.29, 1.82) is 0 Å². The third kappa shape index (κ3) is 6.97. The third-order valence-corrected chi connectivity index (χ3v) is 4.99. The quantitative estimate of drug-likeness (QED) is 0.373. The second-order valence-corrected chi connectivity index (χ2v) is 8.44. The molecule has 0 saturated heterocycles. The number of allylic oxidation sites excluding steroid dienone is 5. The zero-order chi connectivity index (χ0) is 24.8. The fourth-order valence-corrected chi connectivity index (χ4v) is 3.38. The Hall–Kier alpha value is -4.05.